The molecule has 3 N–H and O–H groups in total. The largest absolute Gasteiger partial charge is 0.417 e. The minimum Gasteiger partial charge on any atom is -0.338 e. The summed E-state index contributed by atoms with van der Waals surface area (Å²) in [5, 5.41) is 0. The summed E-state index contributed by atoms with van der Waals surface area (Å²) in [6.45, 7) is 0. The topological polar surface area (TPSA) is 55.9 Å². The minimum absolute atomic E-state index is 0.00603. The van der Waals surface area contributed by atoms with Gasteiger partial charge in [-0.3, -0.25) is 11.3 Å². The van der Waals surface area contributed by atoms with Crippen molar-refractivity contribution >= 4 is 15.9 Å². The van der Waals surface area contributed by atoms with Gasteiger partial charge in [0, 0.05) is 30.3 Å². The summed E-state index contributed by atoms with van der Waals surface area (Å²) in [7, 11) is 1.82. The third-order valence-electron chi connectivity index (χ3n) is 3.21. The number of benzene rings is 1. The highest BCUT2D eigenvalue weighted by molar-refractivity contribution is 9.10. The van der Waals surface area contributed by atoms with Crippen molar-refractivity contribution in [3.8, 4) is 0 Å². The van der Waals surface area contributed by atoms with Gasteiger partial charge in [-0.2, -0.15) is 13.2 Å². The highest BCUT2D eigenvalue weighted by Crippen LogP contribution is 2.36. The number of hydrazine groups is 1. The standard InChI is InChI=1S/C13H14BrF3N4/c1-21-5-4-19-12(21)7-11(20-18)8-2-3-10(14)9(6-8)13(15,16)17/h2-6,11,20H,7,18H2,1H3. The minimum atomic E-state index is -4.42. The highest BCUT2D eigenvalue weighted by atomic mass is 79.9. The molecule has 8 heteroatoms. The van der Waals surface area contributed by atoms with Gasteiger partial charge < -0.3 is 4.57 Å². The first-order valence-corrected chi connectivity index (χ1v) is 6.91. The lowest BCUT2D eigenvalue weighted by Crippen LogP contribution is -2.30. The van der Waals surface area contributed by atoms with E-state index in [2.05, 4.69) is 26.3 Å². The van der Waals surface area contributed by atoms with Crippen LogP contribution in [-0.2, 0) is 19.6 Å². The van der Waals surface area contributed by atoms with Gasteiger partial charge in [0.25, 0.3) is 0 Å². The highest BCUT2D eigenvalue weighted by Gasteiger charge is 2.33. The molecule has 0 saturated carbocycles. The molecule has 0 saturated heterocycles. The Hall–Kier alpha value is -1.38. The van der Waals surface area contributed by atoms with Gasteiger partial charge in [0.2, 0.25) is 0 Å². The lowest BCUT2D eigenvalue weighted by atomic mass is 10.0. The zero-order valence-corrected chi connectivity index (χ0v) is 12.7. The van der Waals surface area contributed by atoms with Crippen molar-refractivity contribution in [1.29, 1.82) is 0 Å². The van der Waals surface area contributed by atoms with Gasteiger partial charge in [-0.05, 0) is 17.7 Å². The number of imidazole rings is 1. The predicted molar refractivity (Wildman–Crippen MR) is 76.1 cm³/mol. The zero-order chi connectivity index (χ0) is 15.6. The van der Waals surface area contributed by atoms with E-state index < -0.39 is 17.8 Å². The molecule has 1 heterocycles. The van der Waals surface area contributed by atoms with Gasteiger partial charge in [-0.1, -0.05) is 22.0 Å². The molecule has 1 atom stereocenters. The second-order valence-corrected chi connectivity index (χ2v) is 5.47. The maximum atomic E-state index is 12.9. The fourth-order valence-electron chi connectivity index (χ4n) is 2.03. The molecule has 0 radical (unpaired) electrons. The van der Waals surface area contributed by atoms with Crippen molar-refractivity contribution < 1.29 is 13.2 Å². The molecule has 0 spiro atoms. The van der Waals surface area contributed by atoms with Crippen LogP contribution in [-0.4, -0.2) is 9.55 Å². The Morgan fingerprint density at radius 3 is 2.67 bits per heavy atom. The smallest absolute Gasteiger partial charge is 0.338 e. The summed E-state index contributed by atoms with van der Waals surface area (Å²) in [6.07, 6.45) is -0.632. The molecule has 114 valence electrons. The maximum absolute atomic E-state index is 12.9. The molecular weight excluding hydrogens is 349 g/mol. The fourth-order valence-corrected chi connectivity index (χ4v) is 2.50. The van der Waals surface area contributed by atoms with Crippen molar-refractivity contribution in [2.45, 2.75) is 18.6 Å². The summed E-state index contributed by atoms with van der Waals surface area (Å²) >= 11 is 2.92. The number of nitrogens with one attached hydrogen (secondary N) is 1. The first-order chi connectivity index (χ1) is 9.82. The van der Waals surface area contributed by atoms with E-state index in [0.29, 0.717) is 12.0 Å². The number of alkyl halides is 3. The van der Waals surface area contributed by atoms with Crippen molar-refractivity contribution in [2.75, 3.05) is 0 Å². The van der Waals surface area contributed by atoms with Crippen LogP contribution >= 0.6 is 15.9 Å². The van der Waals surface area contributed by atoms with Gasteiger partial charge in [0.05, 0.1) is 11.6 Å². The lowest BCUT2D eigenvalue weighted by Gasteiger charge is -2.18. The molecular formula is C13H14BrF3N4. The molecule has 2 rings (SSSR count). The van der Waals surface area contributed by atoms with E-state index in [1.807, 2.05) is 7.05 Å². The normalized spacial score (nSPS) is 13.4. The molecule has 1 aromatic heterocycles. The van der Waals surface area contributed by atoms with Crippen molar-refractivity contribution in [3.63, 3.8) is 0 Å². The molecule has 1 unspecified atom stereocenters. The number of nitrogens with two attached hydrogens (primary N) is 1. The fraction of sp³-hybridized carbons (Fsp3) is 0.308. The third kappa shape index (κ3) is 3.63. The summed E-state index contributed by atoms with van der Waals surface area (Å²) in [6, 6.07) is 3.62. The molecule has 4 nitrogen and oxygen atoms in total. The summed E-state index contributed by atoms with van der Waals surface area (Å²) in [5.74, 6) is 6.22. The van der Waals surface area contributed by atoms with Crippen LogP contribution in [0.2, 0.25) is 0 Å². The first kappa shape index (κ1) is 16.0. The summed E-state index contributed by atoms with van der Waals surface area (Å²) in [4.78, 5) is 4.15. The number of aromatic nitrogens is 2. The van der Waals surface area contributed by atoms with E-state index in [1.54, 1.807) is 23.0 Å². The quantitative estimate of drug-likeness (QED) is 0.649. The van der Waals surface area contributed by atoms with E-state index in [1.165, 1.54) is 6.07 Å². The second-order valence-electron chi connectivity index (χ2n) is 4.61. The summed E-state index contributed by atoms with van der Waals surface area (Å²) in [5.41, 5.74) is 2.28. The maximum Gasteiger partial charge on any atom is 0.417 e. The second kappa shape index (κ2) is 6.17. The number of aryl methyl sites for hydroxylation is 1. The van der Waals surface area contributed by atoms with Gasteiger partial charge in [-0.25, -0.2) is 4.98 Å². The average molecular weight is 363 g/mol. The predicted octanol–water partition coefficient (Wildman–Crippen LogP) is 2.95. The van der Waals surface area contributed by atoms with Crippen LogP contribution < -0.4 is 11.3 Å². The molecule has 0 aliphatic rings. The van der Waals surface area contributed by atoms with Gasteiger partial charge in [0.1, 0.15) is 5.82 Å². The van der Waals surface area contributed by atoms with E-state index in [4.69, 9.17) is 5.84 Å². The van der Waals surface area contributed by atoms with Crippen LogP contribution in [0.5, 0.6) is 0 Å². The molecule has 1 aromatic carbocycles. The van der Waals surface area contributed by atoms with Crippen molar-refractivity contribution in [3.05, 3.63) is 52.0 Å². The van der Waals surface area contributed by atoms with Crippen LogP contribution in [0, 0.1) is 0 Å². The van der Waals surface area contributed by atoms with Gasteiger partial charge in [0.15, 0.2) is 0 Å². The molecule has 2 aromatic rings. The lowest BCUT2D eigenvalue weighted by molar-refractivity contribution is -0.138. The van der Waals surface area contributed by atoms with Crippen LogP contribution in [0.4, 0.5) is 13.2 Å². The average Bonchev–Trinajstić information content (AvgIpc) is 2.81. The Kier molecular flexibility index (Phi) is 4.70. The van der Waals surface area contributed by atoms with E-state index in [0.717, 1.165) is 11.9 Å². The van der Waals surface area contributed by atoms with Crippen LogP contribution in [0.3, 0.4) is 0 Å². The van der Waals surface area contributed by atoms with E-state index >= 15 is 0 Å². The Bertz CT molecular complexity index is 624. The Morgan fingerprint density at radius 2 is 2.14 bits per heavy atom. The Balaban J connectivity index is 2.33. The molecule has 0 aliphatic heterocycles. The molecule has 0 aliphatic carbocycles. The number of nitrogens with zero attached hydrogens (tertiary/aromatic N) is 2. The molecule has 21 heavy (non-hydrogen) atoms. The van der Waals surface area contributed by atoms with E-state index in [9.17, 15) is 13.2 Å². The Labute approximate surface area is 128 Å². The zero-order valence-electron chi connectivity index (χ0n) is 11.2. The van der Waals surface area contributed by atoms with Gasteiger partial charge >= 0.3 is 6.18 Å². The van der Waals surface area contributed by atoms with E-state index in [-0.39, 0.29) is 4.47 Å². The number of halogens is 4. The van der Waals surface area contributed by atoms with Crippen LogP contribution in [0.25, 0.3) is 0 Å². The van der Waals surface area contributed by atoms with Crippen molar-refractivity contribution in [1.82, 2.24) is 15.0 Å². The Morgan fingerprint density at radius 1 is 1.43 bits per heavy atom. The summed E-state index contributed by atoms with van der Waals surface area (Å²) < 4.78 is 40.6. The number of hydrogen-bond acceptors (Lipinski definition) is 3. The van der Waals surface area contributed by atoms with Crippen molar-refractivity contribution in [2.24, 2.45) is 12.9 Å². The van der Waals surface area contributed by atoms with Gasteiger partial charge in [-0.15, -0.1) is 0 Å². The van der Waals surface area contributed by atoms with Crippen LogP contribution in [0.15, 0.2) is 35.1 Å². The number of rotatable bonds is 4. The third-order valence-corrected chi connectivity index (χ3v) is 3.90. The monoisotopic (exact) mass is 362 g/mol. The SMILES string of the molecule is Cn1ccnc1CC(NN)c1ccc(Br)c(C(F)(F)F)c1. The molecule has 0 bridgehead atoms. The first-order valence-electron chi connectivity index (χ1n) is 6.12. The molecule has 0 amide bonds. The molecule has 0 fully saturated rings. The number of hydrogen-bond donors (Lipinski definition) is 2. The van der Waals surface area contributed by atoms with Crippen LogP contribution in [0.1, 0.15) is 23.0 Å².